The molecule has 3 heteroatoms. The molecular formula is C10H13N2O+. The number of Topliss-reactive ketones (excluding diaryl/α,β-unsaturated/α-hetero) is 1. The number of hydrogen-bond acceptors (Lipinski definition) is 2. The molecule has 0 aromatic heterocycles. The standard InChI is InChI=1S/C8H7N2O.C2H6/c1-6(11)7-4-2-3-5-8(7)10-9;1-2/h2-5H,1H3;1-2H3/q+1;. The van der Waals surface area contributed by atoms with Gasteiger partial charge in [-0.05, 0) is 13.0 Å². The van der Waals surface area contributed by atoms with Crippen molar-refractivity contribution in [1.29, 1.82) is 5.39 Å². The fraction of sp³-hybridized carbons (Fsp3) is 0.300. The van der Waals surface area contributed by atoms with E-state index in [0.717, 1.165) is 0 Å². The minimum Gasteiger partial charge on any atom is -0.294 e. The minimum absolute atomic E-state index is 0.0987. The van der Waals surface area contributed by atoms with Gasteiger partial charge in [0.15, 0.2) is 10.8 Å². The first-order valence-corrected chi connectivity index (χ1v) is 4.21. The van der Waals surface area contributed by atoms with Gasteiger partial charge in [0.05, 0.1) is 0 Å². The molecule has 0 aliphatic carbocycles. The number of benzene rings is 1. The van der Waals surface area contributed by atoms with E-state index in [1.54, 1.807) is 24.3 Å². The maximum Gasteiger partial charge on any atom is 0.395 e. The minimum atomic E-state index is -0.0987. The second-order valence-electron chi connectivity index (χ2n) is 2.17. The Bertz CT molecular complexity index is 326. The van der Waals surface area contributed by atoms with E-state index in [9.17, 15) is 4.79 Å². The van der Waals surface area contributed by atoms with Gasteiger partial charge in [-0.2, -0.15) is 0 Å². The lowest BCUT2D eigenvalue weighted by Crippen LogP contribution is -1.90. The smallest absolute Gasteiger partial charge is 0.294 e. The van der Waals surface area contributed by atoms with Crippen molar-refractivity contribution in [3.63, 3.8) is 0 Å². The van der Waals surface area contributed by atoms with Gasteiger partial charge < -0.3 is 0 Å². The number of carbonyl (C=O) groups is 1. The fourth-order valence-corrected chi connectivity index (χ4v) is 0.859. The van der Waals surface area contributed by atoms with Gasteiger partial charge in [0.25, 0.3) is 0 Å². The van der Waals surface area contributed by atoms with Gasteiger partial charge in [0.1, 0.15) is 5.56 Å². The van der Waals surface area contributed by atoms with Gasteiger partial charge in [-0.15, -0.1) is 0 Å². The topological polar surface area (TPSA) is 45.2 Å². The summed E-state index contributed by atoms with van der Waals surface area (Å²) in [5, 5.41) is 8.44. The summed E-state index contributed by atoms with van der Waals surface area (Å²) in [6, 6.07) is 6.64. The van der Waals surface area contributed by atoms with E-state index in [2.05, 4.69) is 4.98 Å². The van der Waals surface area contributed by atoms with Crippen LogP contribution in [0.15, 0.2) is 24.3 Å². The summed E-state index contributed by atoms with van der Waals surface area (Å²) in [6.07, 6.45) is 0. The van der Waals surface area contributed by atoms with Gasteiger partial charge in [-0.25, -0.2) is 0 Å². The van der Waals surface area contributed by atoms with Crippen LogP contribution in [0.25, 0.3) is 4.98 Å². The molecule has 0 unspecified atom stereocenters. The van der Waals surface area contributed by atoms with Gasteiger partial charge in [0, 0.05) is 6.07 Å². The third-order valence-corrected chi connectivity index (χ3v) is 1.39. The zero-order valence-electron chi connectivity index (χ0n) is 8.11. The lowest BCUT2D eigenvalue weighted by Gasteiger charge is -1.87. The number of nitrogens with zero attached hydrogens (tertiary/aromatic N) is 2. The summed E-state index contributed by atoms with van der Waals surface area (Å²) in [5.41, 5.74) is 0.759. The van der Waals surface area contributed by atoms with Crippen LogP contribution >= 0.6 is 0 Å². The van der Waals surface area contributed by atoms with E-state index in [0.29, 0.717) is 11.3 Å². The number of rotatable bonds is 1. The molecule has 0 N–H and O–H groups in total. The molecule has 68 valence electrons. The molecule has 0 aliphatic heterocycles. The molecule has 1 aromatic carbocycles. The molecule has 0 saturated carbocycles. The van der Waals surface area contributed by atoms with Crippen molar-refractivity contribution in [2.45, 2.75) is 20.8 Å². The van der Waals surface area contributed by atoms with Crippen LogP contribution in [0.2, 0.25) is 0 Å². The molecule has 0 atom stereocenters. The van der Waals surface area contributed by atoms with Crippen LogP contribution in [-0.4, -0.2) is 5.78 Å². The normalized spacial score (nSPS) is 7.85. The highest BCUT2D eigenvalue weighted by Gasteiger charge is 2.14. The third kappa shape index (κ3) is 3.04. The van der Waals surface area contributed by atoms with E-state index < -0.39 is 0 Å². The predicted molar refractivity (Wildman–Crippen MR) is 52.5 cm³/mol. The van der Waals surface area contributed by atoms with Gasteiger partial charge in [0.2, 0.25) is 5.39 Å². The summed E-state index contributed by atoms with van der Waals surface area (Å²) >= 11 is 0. The Kier molecular flexibility index (Phi) is 5.13. The molecule has 0 spiro atoms. The maximum absolute atomic E-state index is 10.9. The lowest BCUT2D eigenvalue weighted by molar-refractivity contribution is 0.101. The summed E-state index contributed by atoms with van der Waals surface area (Å²) in [4.78, 5) is 13.8. The molecule has 3 nitrogen and oxygen atoms in total. The third-order valence-electron chi connectivity index (χ3n) is 1.39. The number of hydrogen-bond donors (Lipinski definition) is 0. The highest BCUT2D eigenvalue weighted by Crippen LogP contribution is 2.18. The summed E-state index contributed by atoms with van der Waals surface area (Å²) in [6.45, 7) is 5.43. The first-order valence-electron chi connectivity index (χ1n) is 4.21. The van der Waals surface area contributed by atoms with Crippen LogP contribution < -0.4 is 0 Å². The van der Waals surface area contributed by atoms with Crippen molar-refractivity contribution < 1.29 is 4.79 Å². The second kappa shape index (κ2) is 5.90. The van der Waals surface area contributed by atoms with Crippen LogP contribution in [0, 0.1) is 5.39 Å². The molecule has 0 saturated heterocycles. The van der Waals surface area contributed by atoms with Crippen molar-refractivity contribution in [3.05, 3.63) is 34.8 Å². The SMILES string of the molecule is CC.CC(=O)c1ccccc1[N+]#N. The van der Waals surface area contributed by atoms with Crippen LogP contribution in [0.5, 0.6) is 0 Å². The average molecular weight is 177 g/mol. The Morgan fingerprint density at radius 1 is 1.31 bits per heavy atom. The Morgan fingerprint density at radius 2 is 1.85 bits per heavy atom. The monoisotopic (exact) mass is 177 g/mol. The lowest BCUT2D eigenvalue weighted by atomic mass is 10.1. The molecule has 0 radical (unpaired) electrons. The largest absolute Gasteiger partial charge is 0.395 e. The highest BCUT2D eigenvalue weighted by molar-refractivity contribution is 5.99. The number of ketones is 1. The molecule has 0 fully saturated rings. The van der Waals surface area contributed by atoms with E-state index in [1.165, 1.54) is 6.92 Å². The number of diazo groups is 1. The molecule has 1 rings (SSSR count). The Morgan fingerprint density at radius 3 is 2.23 bits per heavy atom. The van der Waals surface area contributed by atoms with Crippen molar-refractivity contribution in [2.24, 2.45) is 0 Å². The van der Waals surface area contributed by atoms with Crippen LogP contribution in [-0.2, 0) is 0 Å². The van der Waals surface area contributed by atoms with Crippen LogP contribution in [0.1, 0.15) is 31.1 Å². The van der Waals surface area contributed by atoms with Crippen LogP contribution in [0.3, 0.4) is 0 Å². The number of carbonyl (C=O) groups excluding carboxylic acids is 1. The molecule has 0 amide bonds. The van der Waals surface area contributed by atoms with E-state index in [4.69, 9.17) is 5.39 Å². The quantitative estimate of drug-likeness (QED) is 0.487. The van der Waals surface area contributed by atoms with E-state index in [1.807, 2.05) is 13.8 Å². The Labute approximate surface area is 78.0 Å². The van der Waals surface area contributed by atoms with E-state index in [-0.39, 0.29) is 5.78 Å². The summed E-state index contributed by atoms with van der Waals surface area (Å²) in [7, 11) is 0. The zero-order chi connectivity index (χ0) is 10.3. The zero-order valence-corrected chi connectivity index (χ0v) is 8.11. The van der Waals surface area contributed by atoms with E-state index >= 15 is 0 Å². The van der Waals surface area contributed by atoms with Gasteiger partial charge in [-0.1, -0.05) is 26.0 Å². The Balaban J connectivity index is 0.000000671. The molecule has 0 bridgehead atoms. The van der Waals surface area contributed by atoms with Gasteiger partial charge >= 0.3 is 5.69 Å². The fourth-order valence-electron chi connectivity index (χ4n) is 0.859. The second-order valence-corrected chi connectivity index (χ2v) is 2.17. The average Bonchev–Trinajstić information content (AvgIpc) is 2.20. The summed E-state index contributed by atoms with van der Waals surface area (Å²) < 4.78 is 0. The molecular weight excluding hydrogens is 164 g/mol. The van der Waals surface area contributed by atoms with Crippen molar-refractivity contribution in [1.82, 2.24) is 0 Å². The molecule has 13 heavy (non-hydrogen) atoms. The molecule has 1 aromatic rings. The van der Waals surface area contributed by atoms with Gasteiger partial charge in [-0.3, -0.25) is 4.79 Å². The van der Waals surface area contributed by atoms with Crippen molar-refractivity contribution in [3.8, 4) is 0 Å². The Hall–Kier alpha value is -1.69. The first kappa shape index (κ1) is 11.3. The maximum atomic E-state index is 10.9. The van der Waals surface area contributed by atoms with Crippen molar-refractivity contribution >= 4 is 11.5 Å². The molecule has 0 aliphatic rings. The van der Waals surface area contributed by atoms with Crippen LogP contribution in [0.4, 0.5) is 5.69 Å². The predicted octanol–water partition coefficient (Wildman–Crippen LogP) is 3.40. The summed E-state index contributed by atoms with van der Waals surface area (Å²) in [5.74, 6) is -0.0987. The highest BCUT2D eigenvalue weighted by atomic mass is 16.1. The molecule has 0 heterocycles. The van der Waals surface area contributed by atoms with Crippen molar-refractivity contribution in [2.75, 3.05) is 0 Å². The first-order chi connectivity index (χ1) is 6.25.